The van der Waals surface area contributed by atoms with E-state index < -0.39 is 0 Å². The van der Waals surface area contributed by atoms with E-state index in [1.54, 1.807) is 0 Å². The van der Waals surface area contributed by atoms with E-state index in [2.05, 4.69) is 9.98 Å². The topological polar surface area (TPSA) is 65.2 Å². The Morgan fingerprint density at radius 3 is 1.29 bits per heavy atom. The van der Waals surface area contributed by atoms with Crippen molar-refractivity contribution in [2.45, 2.75) is 39.8 Å². The first-order valence-electron chi connectivity index (χ1n) is 4.72. The van der Waals surface area contributed by atoms with E-state index in [4.69, 9.17) is 0 Å². The summed E-state index contributed by atoms with van der Waals surface area (Å²) in [6, 6.07) is 0.162. The van der Waals surface area contributed by atoms with Gasteiger partial charge in [-0.15, -0.1) is 0 Å². The summed E-state index contributed by atoms with van der Waals surface area (Å²) in [5.74, 6) is -0.281. The molecule has 1 aromatic rings. The van der Waals surface area contributed by atoms with Crippen LogP contribution in [-0.4, -0.2) is 22.3 Å². The van der Waals surface area contributed by atoms with E-state index in [0.717, 1.165) is 0 Å². The number of nitrogens with zero attached hydrogens (tertiary/aromatic N) is 2. The van der Waals surface area contributed by atoms with Gasteiger partial charge in [-0.25, -0.2) is 0 Å². The predicted molar refractivity (Wildman–Crippen MR) is 53.5 cm³/mol. The minimum atomic E-state index is -0.141. The van der Waals surface area contributed by atoms with Crippen molar-refractivity contribution in [2.24, 2.45) is 9.98 Å². The highest BCUT2D eigenvalue weighted by atomic mass is 16.3. The van der Waals surface area contributed by atoms with Gasteiger partial charge in [0.05, 0.1) is 0 Å². The molecule has 2 N–H and O–H groups in total. The molecule has 0 bridgehead atoms. The summed E-state index contributed by atoms with van der Waals surface area (Å²) in [6.07, 6.45) is 0. The third-order valence-electron chi connectivity index (χ3n) is 1.67. The Bertz CT molecular complexity index is 370. The molecule has 0 amide bonds. The maximum Gasteiger partial charge on any atom is 0.188 e. The van der Waals surface area contributed by atoms with Crippen molar-refractivity contribution in [3.05, 3.63) is 10.7 Å². The first-order chi connectivity index (χ1) is 6.43. The molecule has 0 saturated carbocycles. The van der Waals surface area contributed by atoms with Gasteiger partial charge in [0.2, 0.25) is 0 Å². The maximum atomic E-state index is 9.33. The highest BCUT2D eigenvalue weighted by molar-refractivity contribution is 5.42. The van der Waals surface area contributed by atoms with Crippen LogP contribution in [0.1, 0.15) is 27.7 Å². The quantitative estimate of drug-likeness (QED) is 0.727. The highest BCUT2D eigenvalue weighted by Gasteiger charge is 2.15. The standard InChI is InChI=1S/C10H16N2O2/c1-5(2)11-7-8(12-6(3)4)10(14)9(7)13/h5-6,13-14H,1-4H3/b11-7-,12-8-. The van der Waals surface area contributed by atoms with Gasteiger partial charge >= 0.3 is 0 Å². The van der Waals surface area contributed by atoms with E-state index in [-0.39, 0.29) is 23.6 Å². The second-order valence-corrected chi connectivity index (χ2v) is 3.84. The van der Waals surface area contributed by atoms with Crippen LogP contribution in [-0.2, 0) is 0 Å². The van der Waals surface area contributed by atoms with Crippen molar-refractivity contribution >= 4 is 0 Å². The largest absolute Gasteiger partial charge is 0.503 e. The van der Waals surface area contributed by atoms with Crippen LogP contribution in [0.25, 0.3) is 0 Å². The Morgan fingerprint density at radius 1 is 0.786 bits per heavy atom. The minimum Gasteiger partial charge on any atom is -0.503 e. The lowest BCUT2D eigenvalue weighted by molar-refractivity contribution is 0.377. The zero-order chi connectivity index (χ0) is 10.9. The summed E-state index contributed by atoms with van der Waals surface area (Å²) in [7, 11) is 0. The highest BCUT2D eigenvalue weighted by Crippen LogP contribution is 2.16. The molecule has 0 fully saturated rings. The second-order valence-electron chi connectivity index (χ2n) is 3.84. The van der Waals surface area contributed by atoms with Crippen LogP contribution in [0.5, 0.6) is 11.5 Å². The van der Waals surface area contributed by atoms with Gasteiger partial charge < -0.3 is 10.2 Å². The fraction of sp³-hybridized carbons (Fsp3) is 0.600. The first-order valence-corrected chi connectivity index (χ1v) is 4.72. The summed E-state index contributed by atoms with van der Waals surface area (Å²) in [5.41, 5.74) is 0. The van der Waals surface area contributed by atoms with Crippen LogP contribution in [0, 0.1) is 0 Å². The molecule has 1 aromatic carbocycles. The van der Waals surface area contributed by atoms with E-state index in [1.807, 2.05) is 27.7 Å². The lowest BCUT2D eigenvalue weighted by atomic mass is 10.2. The van der Waals surface area contributed by atoms with Crippen molar-refractivity contribution in [1.82, 2.24) is 0 Å². The van der Waals surface area contributed by atoms with Crippen LogP contribution >= 0.6 is 0 Å². The van der Waals surface area contributed by atoms with Gasteiger partial charge in [-0.3, -0.25) is 9.98 Å². The molecule has 0 aliphatic rings. The molecule has 0 spiro atoms. The zero-order valence-corrected chi connectivity index (χ0v) is 8.94. The Labute approximate surface area is 83.0 Å². The molecular formula is C10H16N2O2. The summed E-state index contributed by atoms with van der Waals surface area (Å²) in [6.45, 7) is 7.62. The summed E-state index contributed by atoms with van der Waals surface area (Å²) < 4.78 is 0. The fourth-order valence-corrected chi connectivity index (χ4v) is 1.15. The zero-order valence-electron chi connectivity index (χ0n) is 8.94. The van der Waals surface area contributed by atoms with E-state index in [9.17, 15) is 10.2 Å². The smallest absolute Gasteiger partial charge is 0.188 e. The Balaban J connectivity index is 3.27. The van der Waals surface area contributed by atoms with Crippen LogP contribution in [0.15, 0.2) is 9.98 Å². The van der Waals surface area contributed by atoms with Crippen molar-refractivity contribution in [1.29, 1.82) is 0 Å². The van der Waals surface area contributed by atoms with Gasteiger partial charge in [0.15, 0.2) is 11.5 Å². The molecule has 4 nitrogen and oxygen atoms in total. The third kappa shape index (κ3) is 1.95. The average Bonchev–Trinajstić information content (AvgIpc) is 2.09. The van der Waals surface area contributed by atoms with Crippen molar-refractivity contribution in [3.8, 4) is 11.5 Å². The Morgan fingerprint density at radius 2 is 1.07 bits per heavy atom. The molecule has 0 aliphatic carbocycles. The van der Waals surface area contributed by atoms with Crippen LogP contribution < -0.4 is 10.7 Å². The molecule has 1 rings (SSSR count). The molecule has 14 heavy (non-hydrogen) atoms. The molecule has 0 aliphatic heterocycles. The molecule has 78 valence electrons. The Kier molecular flexibility index (Phi) is 2.93. The predicted octanol–water partition coefficient (Wildman–Crippen LogP) is 0.592. The van der Waals surface area contributed by atoms with Gasteiger partial charge in [-0.1, -0.05) is 0 Å². The molecule has 0 radical (unpaired) electrons. The molecule has 0 heterocycles. The lowest BCUT2D eigenvalue weighted by Crippen LogP contribution is -2.34. The number of rotatable bonds is 2. The van der Waals surface area contributed by atoms with Crippen LogP contribution in [0.2, 0.25) is 0 Å². The van der Waals surface area contributed by atoms with Gasteiger partial charge in [0.1, 0.15) is 10.7 Å². The van der Waals surface area contributed by atoms with Gasteiger partial charge in [0, 0.05) is 12.1 Å². The number of hydrogen-bond acceptors (Lipinski definition) is 4. The summed E-state index contributed by atoms with van der Waals surface area (Å²) >= 11 is 0. The summed E-state index contributed by atoms with van der Waals surface area (Å²) in [4.78, 5) is 8.33. The van der Waals surface area contributed by atoms with Crippen molar-refractivity contribution < 1.29 is 10.2 Å². The first kappa shape index (κ1) is 10.8. The molecule has 0 atom stereocenters. The fourth-order valence-electron chi connectivity index (χ4n) is 1.15. The van der Waals surface area contributed by atoms with Crippen LogP contribution in [0.4, 0.5) is 0 Å². The normalized spacial score (nSPS) is 15.0. The van der Waals surface area contributed by atoms with Gasteiger partial charge in [-0.2, -0.15) is 0 Å². The molecule has 0 unspecified atom stereocenters. The average molecular weight is 196 g/mol. The number of hydrogen-bond donors (Lipinski definition) is 2. The van der Waals surface area contributed by atoms with Gasteiger partial charge in [0.25, 0.3) is 0 Å². The van der Waals surface area contributed by atoms with E-state index in [1.165, 1.54) is 0 Å². The lowest BCUT2D eigenvalue weighted by Gasteiger charge is -2.07. The van der Waals surface area contributed by atoms with Crippen LogP contribution in [0.3, 0.4) is 0 Å². The third-order valence-corrected chi connectivity index (χ3v) is 1.67. The summed E-state index contributed by atoms with van der Waals surface area (Å²) in [5, 5.41) is 19.5. The maximum absolute atomic E-state index is 9.33. The SMILES string of the molecule is CC(C)/N=c1\c(O)c(O)\c1=N/C(C)C. The minimum absolute atomic E-state index is 0.0811. The van der Waals surface area contributed by atoms with Gasteiger partial charge in [-0.05, 0) is 27.7 Å². The molecular weight excluding hydrogens is 180 g/mol. The molecule has 4 heteroatoms. The van der Waals surface area contributed by atoms with E-state index >= 15 is 0 Å². The molecule has 0 saturated heterocycles. The van der Waals surface area contributed by atoms with E-state index in [0.29, 0.717) is 10.7 Å². The Hall–Kier alpha value is -1.32. The monoisotopic (exact) mass is 196 g/mol. The van der Waals surface area contributed by atoms with Crippen molar-refractivity contribution in [3.63, 3.8) is 0 Å². The second kappa shape index (κ2) is 3.82. The number of aromatic hydroxyl groups is 2. The molecule has 0 aromatic heterocycles. The van der Waals surface area contributed by atoms with Crippen molar-refractivity contribution in [2.75, 3.05) is 0 Å².